The first kappa shape index (κ1) is 12.8. The highest BCUT2D eigenvalue weighted by Gasteiger charge is 2.33. The van der Waals surface area contributed by atoms with Crippen molar-refractivity contribution in [2.45, 2.75) is 18.4 Å². The number of likely N-dealkylation sites (N-methyl/N-ethyl adjacent to an activating group) is 1. The second-order valence-corrected chi connectivity index (χ2v) is 4.70. The van der Waals surface area contributed by atoms with Gasteiger partial charge in [0.25, 0.3) is 5.91 Å². The zero-order valence-corrected chi connectivity index (χ0v) is 10.3. The first-order valence-electron chi connectivity index (χ1n) is 5.86. The first-order chi connectivity index (χ1) is 8.52. The van der Waals surface area contributed by atoms with E-state index in [9.17, 15) is 9.90 Å². The van der Waals surface area contributed by atoms with Gasteiger partial charge in [-0.25, -0.2) is 0 Å². The van der Waals surface area contributed by atoms with Crippen molar-refractivity contribution in [3.63, 3.8) is 0 Å². The van der Waals surface area contributed by atoms with Gasteiger partial charge in [0.05, 0.1) is 11.8 Å². The van der Waals surface area contributed by atoms with E-state index >= 15 is 0 Å². The third-order valence-corrected chi connectivity index (χ3v) is 3.20. The Labute approximate surface area is 105 Å². The van der Waals surface area contributed by atoms with Crippen LogP contribution in [-0.2, 0) is 4.74 Å². The molecule has 0 unspecified atom stereocenters. The van der Waals surface area contributed by atoms with Crippen LogP contribution in [0.1, 0.15) is 23.2 Å². The summed E-state index contributed by atoms with van der Waals surface area (Å²) >= 11 is 0. The summed E-state index contributed by atoms with van der Waals surface area (Å²) in [5, 5.41) is 16.6. The van der Waals surface area contributed by atoms with Gasteiger partial charge in [0, 0.05) is 39.6 Å². The van der Waals surface area contributed by atoms with Crippen LogP contribution in [0.2, 0.25) is 0 Å². The highest BCUT2D eigenvalue weighted by Crippen LogP contribution is 2.22. The van der Waals surface area contributed by atoms with Crippen LogP contribution < -0.4 is 5.73 Å². The van der Waals surface area contributed by atoms with Gasteiger partial charge < -0.3 is 20.5 Å². The number of aromatic nitrogens is 2. The molecule has 1 fully saturated rings. The van der Waals surface area contributed by atoms with Crippen LogP contribution in [0.4, 0.5) is 5.82 Å². The molecule has 0 spiro atoms. The van der Waals surface area contributed by atoms with Crippen molar-refractivity contribution < 1.29 is 14.6 Å². The number of ether oxygens (including phenoxy) is 1. The number of nitrogens with zero attached hydrogens (tertiary/aromatic N) is 2. The lowest BCUT2D eigenvalue weighted by molar-refractivity contribution is -0.0734. The molecule has 1 amide bonds. The van der Waals surface area contributed by atoms with E-state index in [0.29, 0.717) is 31.6 Å². The molecule has 7 nitrogen and oxygen atoms in total. The Bertz CT molecular complexity index is 426. The molecule has 1 aliphatic rings. The second kappa shape index (κ2) is 4.95. The van der Waals surface area contributed by atoms with Crippen molar-refractivity contribution in [1.82, 2.24) is 15.1 Å². The van der Waals surface area contributed by atoms with Crippen LogP contribution in [0.15, 0.2) is 6.20 Å². The van der Waals surface area contributed by atoms with E-state index in [2.05, 4.69) is 10.2 Å². The molecule has 2 heterocycles. The number of aliphatic hydroxyl groups is 1. The van der Waals surface area contributed by atoms with E-state index in [1.807, 2.05) is 0 Å². The van der Waals surface area contributed by atoms with Gasteiger partial charge in [-0.2, -0.15) is 5.10 Å². The summed E-state index contributed by atoms with van der Waals surface area (Å²) in [6.07, 6.45) is 2.46. The quantitative estimate of drug-likeness (QED) is 0.681. The van der Waals surface area contributed by atoms with E-state index < -0.39 is 5.60 Å². The second-order valence-electron chi connectivity index (χ2n) is 4.70. The zero-order valence-electron chi connectivity index (χ0n) is 10.3. The summed E-state index contributed by atoms with van der Waals surface area (Å²) in [6, 6.07) is 0. The summed E-state index contributed by atoms with van der Waals surface area (Å²) in [6.45, 7) is 1.30. The van der Waals surface area contributed by atoms with Crippen LogP contribution in [0.5, 0.6) is 0 Å². The molecule has 0 bridgehead atoms. The summed E-state index contributed by atoms with van der Waals surface area (Å²) < 4.78 is 5.20. The number of amides is 1. The molecule has 0 radical (unpaired) electrons. The van der Waals surface area contributed by atoms with Crippen molar-refractivity contribution in [1.29, 1.82) is 0 Å². The Hall–Kier alpha value is -1.60. The molecule has 0 saturated carbocycles. The minimum atomic E-state index is -0.874. The average Bonchev–Trinajstić information content (AvgIpc) is 2.74. The molecule has 1 aromatic rings. The zero-order chi connectivity index (χ0) is 13.2. The lowest BCUT2D eigenvalue weighted by Gasteiger charge is -2.35. The summed E-state index contributed by atoms with van der Waals surface area (Å²) in [5.74, 6) is -0.00742. The van der Waals surface area contributed by atoms with E-state index in [1.165, 1.54) is 11.1 Å². The van der Waals surface area contributed by atoms with Gasteiger partial charge in [-0.15, -0.1) is 0 Å². The lowest BCUT2D eigenvalue weighted by Crippen LogP contribution is -2.47. The molecule has 1 aromatic heterocycles. The SMILES string of the molecule is CN(CC1(O)CCOCC1)C(=O)c1cn[nH]c1N. The normalized spacial score (nSPS) is 18.6. The number of nitrogen functional groups attached to an aromatic ring is 1. The minimum absolute atomic E-state index is 0.241. The maximum atomic E-state index is 12.1. The fourth-order valence-electron chi connectivity index (χ4n) is 2.09. The molecule has 1 aliphatic heterocycles. The monoisotopic (exact) mass is 254 g/mol. The van der Waals surface area contributed by atoms with Crippen molar-refractivity contribution in [2.75, 3.05) is 32.5 Å². The van der Waals surface area contributed by atoms with Crippen molar-refractivity contribution in [2.24, 2.45) is 0 Å². The average molecular weight is 254 g/mol. The van der Waals surface area contributed by atoms with Crippen molar-refractivity contribution >= 4 is 11.7 Å². The Balaban J connectivity index is 2.01. The standard InChI is InChI=1S/C11H18N4O3/c1-15(7-11(17)2-4-18-5-3-11)10(16)8-6-13-14-9(8)12/h6,17H,2-5,7H2,1H3,(H3,12,13,14). The Morgan fingerprint density at radius 1 is 1.67 bits per heavy atom. The lowest BCUT2D eigenvalue weighted by atomic mass is 9.94. The predicted octanol–water partition coefficient (Wildman–Crippen LogP) is -0.395. The number of rotatable bonds is 3. The smallest absolute Gasteiger partial charge is 0.259 e. The Morgan fingerprint density at radius 2 is 2.33 bits per heavy atom. The van der Waals surface area contributed by atoms with E-state index in [0.717, 1.165) is 0 Å². The van der Waals surface area contributed by atoms with Gasteiger partial charge in [0.1, 0.15) is 11.4 Å². The third kappa shape index (κ3) is 2.62. The number of nitrogens with one attached hydrogen (secondary N) is 1. The fourth-order valence-corrected chi connectivity index (χ4v) is 2.09. The van der Waals surface area contributed by atoms with Crippen molar-refractivity contribution in [3.05, 3.63) is 11.8 Å². The molecular weight excluding hydrogens is 236 g/mol. The van der Waals surface area contributed by atoms with Gasteiger partial charge in [-0.1, -0.05) is 0 Å². The molecule has 4 N–H and O–H groups in total. The first-order valence-corrected chi connectivity index (χ1v) is 5.86. The molecule has 1 saturated heterocycles. The fraction of sp³-hybridized carbons (Fsp3) is 0.636. The number of anilines is 1. The molecular formula is C11H18N4O3. The molecule has 18 heavy (non-hydrogen) atoms. The van der Waals surface area contributed by atoms with Crippen LogP contribution in [0.3, 0.4) is 0 Å². The number of carbonyl (C=O) groups is 1. The van der Waals surface area contributed by atoms with Gasteiger partial charge in [0.15, 0.2) is 0 Å². The van der Waals surface area contributed by atoms with Crippen LogP contribution >= 0.6 is 0 Å². The van der Waals surface area contributed by atoms with E-state index in [4.69, 9.17) is 10.5 Å². The van der Waals surface area contributed by atoms with Crippen LogP contribution in [0, 0.1) is 0 Å². The third-order valence-electron chi connectivity index (χ3n) is 3.20. The highest BCUT2D eigenvalue weighted by molar-refractivity contribution is 5.97. The number of H-pyrrole nitrogens is 1. The maximum absolute atomic E-state index is 12.1. The van der Waals surface area contributed by atoms with Crippen LogP contribution in [-0.4, -0.2) is 58.5 Å². The molecule has 0 atom stereocenters. The number of carbonyl (C=O) groups excluding carboxylic acids is 1. The predicted molar refractivity (Wildman–Crippen MR) is 65.0 cm³/mol. The molecule has 7 heteroatoms. The minimum Gasteiger partial charge on any atom is -0.388 e. The van der Waals surface area contributed by atoms with E-state index in [-0.39, 0.29) is 18.3 Å². The Morgan fingerprint density at radius 3 is 2.89 bits per heavy atom. The number of hydrogen-bond acceptors (Lipinski definition) is 5. The van der Waals surface area contributed by atoms with Gasteiger partial charge in [0.2, 0.25) is 0 Å². The molecule has 0 aliphatic carbocycles. The summed E-state index contributed by atoms with van der Waals surface area (Å²) in [7, 11) is 1.64. The van der Waals surface area contributed by atoms with Gasteiger partial charge in [-0.05, 0) is 0 Å². The number of nitrogens with two attached hydrogens (primary N) is 1. The topological polar surface area (TPSA) is 104 Å². The van der Waals surface area contributed by atoms with Gasteiger partial charge in [-0.3, -0.25) is 9.89 Å². The molecule has 0 aromatic carbocycles. The van der Waals surface area contributed by atoms with Crippen LogP contribution in [0.25, 0.3) is 0 Å². The van der Waals surface area contributed by atoms with E-state index in [1.54, 1.807) is 7.05 Å². The maximum Gasteiger partial charge on any atom is 0.259 e. The Kier molecular flexibility index (Phi) is 3.53. The number of hydrogen-bond donors (Lipinski definition) is 3. The van der Waals surface area contributed by atoms with Crippen molar-refractivity contribution in [3.8, 4) is 0 Å². The molecule has 100 valence electrons. The summed E-state index contributed by atoms with van der Waals surface area (Å²) in [4.78, 5) is 13.6. The molecule has 2 rings (SSSR count). The van der Waals surface area contributed by atoms with Gasteiger partial charge >= 0.3 is 0 Å². The largest absolute Gasteiger partial charge is 0.388 e. The summed E-state index contributed by atoms with van der Waals surface area (Å²) in [5.41, 5.74) is 5.05. The highest BCUT2D eigenvalue weighted by atomic mass is 16.5. The number of aromatic amines is 1.